The van der Waals surface area contributed by atoms with Crippen LogP contribution in [0.4, 0.5) is 0 Å². The molecule has 0 saturated heterocycles. The molecule has 0 amide bonds. The van der Waals surface area contributed by atoms with Gasteiger partial charge in [-0.15, -0.1) is 0 Å². The third-order valence-electron chi connectivity index (χ3n) is 5.03. The maximum Gasteiger partial charge on any atom is 0.144 e. The van der Waals surface area contributed by atoms with Gasteiger partial charge < -0.3 is 0 Å². The average Bonchev–Trinajstić information content (AvgIpc) is 3.11. The zero-order chi connectivity index (χ0) is 14.4. The second-order valence-corrected chi connectivity index (χ2v) is 6.09. The highest BCUT2D eigenvalue weighted by Gasteiger charge is 2.56. The lowest BCUT2D eigenvalue weighted by atomic mass is 9.92. The van der Waals surface area contributed by atoms with Gasteiger partial charge in [0.1, 0.15) is 17.9 Å². The van der Waals surface area contributed by atoms with Crippen molar-refractivity contribution in [1.82, 2.24) is 14.8 Å². The maximum atomic E-state index is 12.6. The second-order valence-electron chi connectivity index (χ2n) is 6.09. The smallest absolute Gasteiger partial charge is 0.144 e. The molecule has 1 heterocycles. The van der Waals surface area contributed by atoms with Crippen molar-refractivity contribution in [2.75, 3.05) is 0 Å². The van der Waals surface area contributed by atoms with Crippen molar-refractivity contribution in [3.63, 3.8) is 0 Å². The molecule has 1 aromatic heterocycles. The number of ketones is 1. The van der Waals surface area contributed by atoms with Crippen LogP contribution in [0.1, 0.15) is 36.2 Å². The Bertz CT molecular complexity index is 691. The van der Waals surface area contributed by atoms with Crippen LogP contribution in [0.5, 0.6) is 0 Å². The van der Waals surface area contributed by atoms with E-state index < -0.39 is 0 Å². The van der Waals surface area contributed by atoms with E-state index in [4.69, 9.17) is 0 Å². The summed E-state index contributed by atoms with van der Waals surface area (Å²) in [5, 5.41) is 4.15. The lowest BCUT2D eigenvalue weighted by Crippen LogP contribution is -2.13. The topological polar surface area (TPSA) is 47.8 Å². The van der Waals surface area contributed by atoms with Crippen molar-refractivity contribution < 1.29 is 4.79 Å². The van der Waals surface area contributed by atoms with Crippen molar-refractivity contribution in [3.8, 4) is 0 Å². The highest BCUT2D eigenvalue weighted by atomic mass is 16.1. The summed E-state index contributed by atoms with van der Waals surface area (Å²) < 4.78 is 1.82. The standard InChI is InChI=1S/C17H19N3O/c1-2-20-15(18-10-19-20)9-14(21)17-13-8-7-11-5-3-4-6-12(11)16(13)17/h3-6,10,13,16-17H,2,7-9H2,1H3. The molecule has 4 nitrogen and oxygen atoms in total. The van der Waals surface area contributed by atoms with E-state index >= 15 is 0 Å². The number of hydrogen-bond donors (Lipinski definition) is 0. The predicted molar refractivity (Wildman–Crippen MR) is 78.9 cm³/mol. The molecule has 4 heteroatoms. The SMILES string of the molecule is CCn1ncnc1CC(=O)C1C2CCc3ccccc3C21. The molecule has 1 fully saturated rings. The Hall–Kier alpha value is -1.97. The first-order valence-corrected chi connectivity index (χ1v) is 7.76. The molecule has 0 radical (unpaired) electrons. The molecule has 108 valence electrons. The number of aryl methyl sites for hydroxylation is 2. The van der Waals surface area contributed by atoms with Crippen LogP contribution in [-0.2, 0) is 24.2 Å². The van der Waals surface area contributed by atoms with Gasteiger partial charge in [-0.1, -0.05) is 24.3 Å². The molecule has 0 spiro atoms. The van der Waals surface area contributed by atoms with Crippen molar-refractivity contribution in [1.29, 1.82) is 0 Å². The summed E-state index contributed by atoms with van der Waals surface area (Å²) in [4.78, 5) is 16.9. The monoisotopic (exact) mass is 281 g/mol. The number of carbonyl (C=O) groups excluding carboxylic acids is 1. The number of benzene rings is 1. The Morgan fingerprint density at radius 3 is 3.10 bits per heavy atom. The van der Waals surface area contributed by atoms with E-state index in [1.807, 2.05) is 11.6 Å². The van der Waals surface area contributed by atoms with Gasteiger partial charge in [-0.05, 0) is 42.7 Å². The third kappa shape index (κ3) is 2.01. The Kier molecular flexibility index (Phi) is 2.91. The third-order valence-corrected chi connectivity index (χ3v) is 5.03. The van der Waals surface area contributed by atoms with Gasteiger partial charge in [-0.3, -0.25) is 4.79 Å². The average molecular weight is 281 g/mol. The maximum absolute atomic E-state index is 12.6. The van der Waals surface area contributed by atoms with Crippen LogP contribution in [-0.4, -0.2) is 20.5 Å². The van der Waals surface area contributed by atoms with Crippen molar-refractivity contribution in [3.05, 3.63) is 47.5 Å². The van der Waals surface area contributed by atoms with Gasteiger partial charge >= 0.3 is 0 Å². The largest absolute Gasteiger partial charge is 0.299 e. The van der Waals surface area contributed by atoms with E-state index in [0.29, 0.717) is 24.0 Å². The molecule has 4 rings (SSSR count). The highest BCUT2D eigenvalue weighted by Crippen LogP contribution is 2.60. The number of carbonyl (C=O) groups is 1. The lowest BCUT2D eigenvalue weighted by molar-refractivity contribution is -0.120. The Labute approximate surface area is 124 Å². The fourth-order valence-electron chi connectivity index (χ4n) is 3.97. The van der Waals surface area contributed by atoms with Crippen LogP contribution in [0, 0.1) is 11.8 Å². The molecule has 3 atom stereocenters. The molecule has 0 aliphatic heterocycles. The first-order chi connectivity index (χ1) is 10.3. The summed E-state index contributed by atoms with van der Waals surface area (Å²) in [6, 6.07) is 8.60. The van der Waals surface area contributed by atoms with E-state index in [9.17, 15) is 4.79 Å². The molecule has 21 heavy (non-hydrogen) atoms. The fraction of sp³-hybridized carbons (Fsp3) is 0.471. The van der Waals surface area contributed by atoms with Crippen molar-refractivity contribution >= 4 is 5.78 Å². The molecule has 1 aromatic carbocycles. The summed E-state index contributed by atoms with van der Waals surface area (Å²) >= 11 is 0. The van der Waals surface area contributed by atoms with E-state index in [0.717, 1.165) is 25.2 Å². The summed E-state index contributed by atoms with van der Waals surface area (Å²) in [6.07, 6.45) is 4.24. The molecule has 3 unspecified atom stereocenters. The normalized spacial score (nSPS) is 26.0. The van der Waals surface area contributed by atoms with E-state index in [2.05, 4.69) is 34.3 Å². The Balaban J connectivity index is 1.53. The van der Waals surface area contributed by atoms with Gasteiger partial charge in [-0.2, -0.15) is 5.10 Å². The Morgan fingerprint density at radius 2 is 2.24 bits per heavy atom. The predicted octanol–water partition coefficient (Wildman–Crippen LogP) is 2.39. The minimum Gasteiger partial charge on any atom is -0.299 e. The van der Waals surface area contributed by atoms with Gasteiger partial charge in [0, 0.05) is 12.5 Å². The minimum atomic E-state index is 0.204. The molecule has 0 bridgehead atoms. The zero-order valence-electron chi connectivity index (χ0n) is 12.2. The van der Waals surface area contributed by atoms with Crippen LogP contribution in [0.2, 0.25) is 0 Å². The lowest BCUT2D eigenvalue weighted by Gasteiger charge is -2.13. The molecule has 2 aromatic rings. The van der Waals surface area contributed by atoms with Gasteiger partial charge in [-0.25, -0.2) is 9.67 Å². The summed E-state index contributed by atoms with van der Waals surface area (Å²) in [5.74, 6) is 2.37. The molecular formula is C17H19N3O. The van der Waals surface area contributed by atoms with E-state index in [-0.39, 0.29) is 5.92 Å². The fourth-order valence-corrected chi connectivity index (χ4v) is 3.97. The quantitative estimate of drug-likeness (QED) is 0.864. The zero-order valence-corrected chi connectivity index (χ0v) is 12.2. The molecular weight excluding hydrogens is 262 g/mol. The molecule has 2 aliphatic carbocycles. The van der Waals surface area contributed by atoms with Crippen LogP contribution in [0.25, 0.3) is 0 Å². The van der Waals surface area contributed by atoms with Crippen LogP contribution in [0.3, 0.4) is 0 Å². The summed E-state index contributed by atoms with van der Waals surface area (Å²) in [5.41, 5.74) is 2.84. The van der Waals surface area contributed by atoms with Crippen molar-refractivity contribution in [2.45, 2.75) is 38.6 Å². The van der Waals surface area contributed by atoms with Crippen molar-refractivity contribution in [2.24, 2.45) is 11.8 Å². The van der Waals surface area contributed by atoms with Gasteiger partial charge in [0.15, 0.2) is 0 Å². The van der Waals surface area contributed by atoms with Gasteiger partial charge in [0.2, 0.25) is 0 Å². The Morgan fingerprint density at radius 1 is 1.38 bits per heavy atom. The highest BCUT2D eigenvalue weighted by molar-refractivity contribution is 5.87. The van der Waals surface area contributed by atoms with E-state index in [1.165, 1.54) is 11.1 Å². The van der Waals surface area contributed by atoms with Gasteiger partial charge in [0.25, 0.3) is 0 Å². The minimum absolute atomic E-state index is 0.204. The summed E-state index contributed by atoms with van der Waals surface area (Å²) in [7, 11) is 0. The number of fused-ring (bicyclic) bond motifs is 3. The van der Waals surface area contributed by atoms with Crippen LogP contribution >= 0.6 is 0 Å². The van der Waals surface area contributed by atoms with Crippen LogP contribution < -0.4 is 0 Å². The number of hydrogen-bond acceptors (Lipinski definition) is 3. The first kappa shape index (κ1) is 12.7. The second kappa shape index (κ2) is 4.79. The molecule has 2 aliphatic rings. The number of nitrogens with zero attached hydrogens (tertiary/aromatic N) is 3. The molecule has 1 saturated carbocycles. The number of rotatable bonds is 4. The first-order valence-electron chi connectivity index (χ1n) is 7.76. The van der Waals surface area contributed by atoms with Gasteiger partial charge in [0.05, 0.1) is 6.42 Å². The number of Topliss-reactive ketones (excluding diaryl/α,β-unsaturated/α-hetero) is 1. The van der Waals surface area contributed by atoms with E-state index in [1.54, 1.807) is 6.33 Å². The molecule has 0 N–H and O–H groups in total. The van der Waals surface area contributed by atoms with Crippen LogP contribution in [0.15, 0.2) is 30.6 Å². The number of aromatic nitrogens is 3. The summed E-state index contributed by atoms with van der Waals surface area (Å²) in [6.45, 7) is 2.79.